The first-order valence-corrected chi connectivity index (χ1v) is 8.72. The summed E-state index contributed by atoms with van der Waals surface area (Å²) in [4.78, 5) is 11.7. The quantitative estimate of drug-likeness (QED) is 0.767. The van der Waals surface area contributed by atoms with Crippen LogP contribution in [0.1, 0.15) is 52.0 Å². The maximum absolute atomic E-state index is 11.7. The Kier molecular flexibility index (Phi) is 6.90. The highest BCUT2D eigenvalue weighted by Crippen LogP contribution is 2.26. The monoisotopic (exact) mass is 319 g/mol. The number of hydrogen-bond donors (Lipinski definition) is 1. The summed E-state index contributed by atoms with van der Waals surface area (Å²) in [6.07, 6.45) is 5.31. The van der Waals surface area contributed by atoms with Crippen LogP contribution >= 0.6 is 0 Å². The molecule has 0 saturated heterocycles. The second kappa shape index (κ2) is 8.92. The van der Waals surface area contributed by atoms with Crippen LogP contribution in [0.15, 0.2) is 24.3 Å². The van der Waals surface area contributed by atoms with Crippen molar-refractivity contribution in [3.05, 3.63) is 29.8 Å². The molecule has 1 aromatic carbocycles. The van der Waals surface area contributed by atoms with Gasteiger partial charge in [0.25, 0.3) is 0 Å². The Morgan fingerprint density at radius 1 is 1.39 bits per heavy atom. The molecule has 1 aliphatic rings. The summed E-state index contributed by atoms with van der Waals surface area (Å²) in [6, 6.07) is 7.70. The van der Waals surface area contributed by atoms with Crippen LogP contribution in [0.5, 0.6) is 0 Å². The molecule has 1 saturated carbocycles. The molecule has 0 radical (unpaired) electrons. The van der Waals surface area contributed by atoms with Gasteiger partial charge in [-0.2, -0.15) is 0 Å². The third-order valence-electron chi connectivity index (χ3n) is 4.32. The molecule has 128 valence electrons. The van der Waals surface area contributed by atoms with Gasteiger partial charge in [0, 0.05) is 5.69 Å². The van der Waals surface area contributed by atoms with Gasteiger partial charge in [0.1, 0.15) is 6.04 Å². The van der Waals surface area contributed by atoms with Crippen LogP contribution < -0.4 is 5.32 Å². The Morgan fingerprint density at radius 3 is 2.96 bits per heavy atom. The lowest BCUT2D eigenvalue weighted by atomic mass is 9.89. The zero-order valence-corrected chi connectivity index (χ0v) is 14.5. The summed E-state index contributed by atoms with van der Waals surface area (Å²) < 4.78 is 11.1. The molecule has 3 unspecified atom stereocenters. The van der Waals surface area contributed by atoms with E-state index in [4.69, 9.17) is 9.47 Å². The Morgan fingerprint density at radius 2 is 2.22 bits per heavy atom. The number of esters is 1. The van der Waals surface area contributed by atoms with E-state index in [1.165, 1.54) is 19.3 Å². The molecule has 0 amide bonds. The standard InChI is InChI=1S/C19H29NO3/c1-4-22-19(21)15(3)20-17-9-6-8-16(12-17)13-23-18-10-5-7-14(2)11-18/h6,8-9,12,14-15,18,20H,4-5,7,10-11,13H2,1-3H3. The number of carbonyl (C=O) groups excluding carboxylic acids is 1. The fourth-order valence-electron chi connectivity index (χ4n) is 3.07. The lowest BCUT2D eigenvalue weighted by Crippen LogP contribution is -2.28. The lowest BCUT2D eigenvalue weighted by Gasteiger charge is -2.26. The second-order valence-corrected chi connectivity index (χ2v) is 6.52. The Labute approximate surface area is 139 Å². The number of anilines is 1. The van der Waals surface area contributed by atoms with Gasteiger partial charge < -0.3 is 14.8 Å². The Bertz CT molecular complexity index is 503. The van der Waals surface area contributed by atoms with E-state index in [0.717, 1.165) is 23.6 Å². The fraction of sp³-hybridized carbons (Fsp3) is 0.632. The van der Waals surface area contributed by atoms with E-state index in [1.54, 1.807) is 0 Å². The van der Waals surface area contributed by atoms with E-state index in [1.807, 2.05) is 32.0 Å². The van der Waals surface area contributed by atoms with Crippen molar-refractivity contribution in [3.63, 3.8) is 0 Å². The highest BCUT2D eigenvalue weighted by molar-refractivity contribution is 5.78. The number of ether oxygens (including phenoxy) is 2. The zero-order chi connectivity index (χ0) is 16.7. The average Bonchev–Trinajstić information content (AvgIpc) is 2.53. The number of rotatable bonds is 7. The first kappa shape index (κ1) is 17.8. The second-order valence-electron chi connectivity index (χ2n) is 6.52. The van der Waals surface area contributed by atoms with Crippen LogP contribution in [-0.2, 0) is 20.9 Å². The van der Waals surface area contributed by atoms with Crippen LogP contribution in [0.4, 0.5) is 5.69 Å². The normalized spacial score (nSPS) is 22.4. The third kappa shape index (κ3) is 5.87. The van der Waals surface area contributed by atoms with Crippen molar-refractivity contribution in [2.45, 2.75) is 65.2 Å². The van der Waals surface area contributed by atoms with Crippen LogP contribution in [-0.4, -0.2) is 24.7 Å². The topological polar surface area (TPSA) is 47.6 Å². The SMILES string of the molecule is CCOC(=O)C(C)Nc1cccc(COC2CCCC(C)C2)c1. The third-order valence-corrected chi connectivity index (χ3v) is 4.32. The van der Waals surface area contributed by atoms with Gasteiger partial charge in [-0.25, -0.2) is 4.79 Å². The summed E-state index contributed by atoms with van der Waals surface area (Å²) in [5.41, 5.74) is 2.05. The van der Waals surface area contributed by atoms with Crippen molar-refractivity contribution in [2.75, 3.05) is 11.9 Å². The fourth-order valence-corrected chi connectivity index (χ4v) is 3.07. The van der Waals surface area contributed by atoms with E-state index in [0.29, 0.717) is 19.3 Å². The van der Waals surface area contributed by atoms with Crippen molar-refractivity contribution in [3.8, 4) is 0 Å². The van der Waals surface area contributed by atoms with Crippen LogP contribution in [0.25, 0.3) is 0 Å². The van der Waals surface area contributed by atoms with Crippen molar-refractivity contribution < 1.29 is 14.3 Å². The largest absolute Gasteiger partial charge is 0.464 e. The van der Waals surface area contributed by atoms with Crippen molar-refractivity contribution >= 4 is 11.7 Å². The molecule has 23 heavy (non-hydrogen) atoms. The molecule has 4 nitrogen and oxygen atoms in total. The molecular weight excluding hydrogens is 290 g/mol. The van der Waals surface area contributed by atoms with E-state index in [-0.39, 0.29) is 12.0 Å². The Balaban J connectivity index is 1.85. The summed E-state index contributed by atoms with van der Waals surface area (Å²) >= 11 is 0. The molecule has 1 aromatic rings. The van der Waals surface area contributed by atoms with Crippen LogP contribution in [0.3, 0.4) is 0 Å². The van der Waals surface area contributed by atoms with Crippen LogP contribution in [0.2, 0.25) is 0 Å². The minimum absolute atomic E-state index is 0.231. The summed E-state index contributed by atoms with van der Waals surface area (Å²) in [7, 11) is 0. The predicted molar refractivity (Wildman–Crippen MR) is 92.4 cm³/mol. The minimum atomic E-state index is -0.356. The molecule has 1 N–H and O–H groups in total. The van der Waals surface area contributed by atoms with Crippen molar-refractivity contribution in [1.29, 1.82) is 0 Å². The summed E-state index contributed by atoms with van der Waals surface area (Å²) in [5.74, 6) is 0.539. The number of carbonyl (C=O) groups is 1. The molecule has 2 rings (SSSR count). The highest BCUT2D eigenvalue weighted by atomic mass is 16.5. The molecule has 1 aliphatic carbocycles. The number of benzene rings is 1. The van der Waals surface area contributed by atoms with E-state index in [9.17, 15) is 4.79 Å². The first-order chi connectivity index (χ1) is 11.1. The summed E-state index contributed by atoms with van der Waals surface area (Å²) in [5, 5.41) is 3.18. The van der Waals surface area contributed by atoms with E-state index in [2.05, 4.69) is 18.3 Å². The highest BCUT2D eigenvalue weighted by Gasteiger charge is 2.19. The molecule has 3 atom stereocenters. The minimum Gasteiger partial charge on any atom is -0.464 e. The predicted octanol–water partition coefficient (Wildman–Crippen LogP) is 4.15. The van der Waals surface area contributed by atoms with Crippen LogP contribution in [0, 0.1) is 5.92 Å². The van der Waals surface area contributed by atoms with Gasteiger partial charge in [0.2, 0.25) is 0 Å². The molecule has 1 fully saturated rings. The van der Waals surface area contributed by atoms with Gasteiger partial charge in [-0.05, 0) is 50.3 Å². The average molecular weight is 319 g/mol. The van der Waals surface area contributed by atoms with Gasteiger partial charge in [-0.15, -0.1) is 0 Å². The van der Waals surface area contributed by atoms with E-state index >= 15 is 0 Å². The first-order valence-electron chi connectivity index (χ1n) is 8.72. The van der Waals surface area contributed by atoms with Gasteiger partial charge in [-0.3, -0.25) is 0 Å². The number of hydrogen-bond acceptors (Lipinski definition) is 4. The van der Waals surface area contributed by atoms with Gasteiger partial charge in [0.15, 0.2) is 0 Å². The maximum Gasteiger partial charge on any atom is 0.328 e. The van der Waals surface area contributed by atoms with Gasteiger partial charge in [0.05, 0.1) is 19.3 Å². The molecule has 0 heterocycles. The van der Waals surface area contributed by atoms with Crippen molar-refractivity contribution in [2.24, 2.45) is 5.92 Å². The molecule has 0 aromatic heterocycles. The Hall–Kier alpha value is -1.55. The maximum atomic E-state index is 11.7. The van der Waals surface area contributed by atoms with Gasteiger partial charge in [-0.1, -0.05) is 31.9 Å². The molecule has 0 spiro atoms. The van der Waals surface area contributed by atoms with E-state index < -0.39 is 0 Å². The zero-order valence-electron chi connectivity index (χ0n) is 14.5. The molecule has 0 bridgehead atoms. The lowest BCUT2D eigenvalue weighted by molar-refractivity contribution is -0.143. The number of nitrogens with one attached hydrogen (secondary N) is 1. The summed E-state index contributed by atoms with van der Waals surface area (Å²) in [6.45, 7) is 6.95. The van der Waals surface area contributed by atoms with Crippen molar-refractivity contribution in [1.82, 2.24) is 0 Å². The van der Waals surface area contributed by atoms with Gasteiger partial charge >= 0.3 is 5.97 Å². The molecule has 4 heteroatoms. The molecular formula is C19H29NO3. The molecule has 0 aliphatic heterocycles. The smallest absolute Gasteiger partial charge is 0.328 e.